The highest BCUT2D eigenvalue weighted by Gasteiger charge is 2.32. The van der Waals surface area contributed by atoms with Crippen molar-refractivity contribution in [1.29, 1.82) is 0 Å². The minimum atomic E-state index is -4.72. The molecule has 210 valence electrons. The first-order valence-electron chi connectivity index (χ1n) is 12.1. The Morgan fingerprint density at radius 1 is 1.00 bits per heavy atom. The molecule has 39 heavy (non-hydrogen) atoms. The van der Waals surface area contributed by atoms with Gasteiger partial charge in [0.05, 0.1) is 12.7 Å². The van der Waals surface area contributed by atoms with Gasteiger partial charge in [0.2, 0.25) is 0 Å². The molecular weight excluding hydrogens is 533 g/mol. The Balaban J connectivity index is 1.88. The fraction of sp³-hybridized carbons (Fsp3) is 0.321. The quantitative estimate of drug-likeness (QED) is 0.289. The monoisotopic (exact) mass is 564 g/mol. The summed E-state index contributed by atoms with van der Waals surface area (Å²) in [4.78, 5) is 14.1. The summed E-state index contributed by atoms with van der Waals surface area (Å²) in [6.45, 7) is 8.29. The number of amides is 2. The molecule has 0 spiro atoms. The molecule has 0 aliphatic heterocycles. The van der Waals surface area contributed by atoms with E-state index in [1.54, 1.807) is 11.0 Å². The van der Waals surface area contributed by atoms with Crippen molar-refractivity contribution in [3.8, 4) is 11.5 Å². The lowest BCUT2D eigenvalue weighted by atomic mass is 10.1. The fourth-order valence-electron chi connectivity index (χ4n) is 3.91. The molecule has 0 aliphatic rings. The average Bonchev–Trinajstić information content (AvgIpc) is 2.84. The molecule has 7 nitrogen and oxygen atoms in total. The predicted molar refractivity (Wildman–Crippen MR) is 142 cm³/mol. The van der Waals surface area contributed by atoms with Gasteiger partial charge >= 0.3 is 22.3 Å². The highest BCUT2D eigenvalue weighted by molar-refractivity contribution is 7.87. The molecular formula is C28H31F3N2O5S. The second-order valence-corrected chi connectivity index (χ2v) is 11.1. The SMILES string of the molecule is COc1ccc(CN(CC(C)C)C(=O)Nc2ccc(C)cc2C)cc1OS(=O)(=O)c1cccc(C(F)(F)F)c1. The smallest absolute Gasteiger partial charge is 0.416 e. The normalized spacial score (nSPS) is 11.8. The van der Waals surface area contributed by atoms with Crippen molar-refractivity contribution >= 4 is 21.8 Å². The van der Waals surface area contributed by atoms with Crippen LogP contribution in [0.25, 0.3) is 0 Å². The number of nitrogens with one attached hydrogen (secondary N) is 1. The molecule has 3 rings (SSSR count). The number of carbonyl (C=O) groups is 1. The first kappa shape index (κ1) is 29.8. The molecule has 0 aliphatic carbocycles. The zero-order chi connectivity index (χ0) is 29.0. The number of methoxy groups -OCH3 is 1. The van der Waals surface area contributed by atoms with Crippen molar-refractivity contribution in [2.24, 2.45) is 5.92 Å². The standard InChI is InChI=1S/C28H31F3N2O5S/c1-18(2)16-33(27(34)32-24-11-9-19(3)13-20(24)4)17-21-10-12-25(37-5)26(14-21)38-39(35,36)23-8-6-7-22(15-23)28(29,30)31/h6-15,18H,16-17H2,1-5H3,(H,32,34). The number of anilines is 1. The van der Waals surface area contributed by atoms with Crippen LogP contribution in [0.3, 0.4) is 0 Å². The lowest BCUT2D eigenvalue weighted by Crippen LogP contribution is -2.37. The predicted octanol–water partition coefficient (Wildman–Crippen LogP) is 6.79. The Bertz CT molecular complexity index is 1440. The van der Waals surface area contributed by atoms with Gasteiger partial charge in [0.1, 0.15) is 4.90 Å². The van der Waals surface area contributed by atoms with Gasteiger partial charge in [-0.2, -0.15) is 21.6 Å². The second-order valence-electron chi connectivity index (χ2n) is 9.57. The van der Waals surface area contributed by atoms with Crippen LogP contribution in [0.4, 0.5) is 23.7 Å². The third-order valence-electron chi connectivity index (χ3n) is 5.75. The molecule has 11 heteroatoms. The van der Waals surface area contributed by atoms with Crippen LogP contribution in [0, 0.1) is 19.8 Å². The lowest BCUT2D eigenvalue weighted by Gasteiger charge is -2.26. The van der Waals surface area contributed by atoms with Crippen LogP contribution in [0.1, 0.15) is 36.1 Å². The fourth-order valence-corrected chi connectivity index (χ4v) is 4.89. The molecule has 0 aromatic heterocycles. The van der Waals surface area contributed by atoms with Crippen molar-refractivity contribution in [1.82, 2.24) is 4.90 Å². The van der Waals surface area contributed by atoms with Gasteiger partial charge in [-0.3, -0.25) is 0 Å². The molecule has 0 radical (unpaired) electrons. The number of ether oxygens (including phenoxy) is 1. The van der Waals surface area contributed by atoms with Crippen LogP contribution in [0.5, 0.6) is 11.5 Å². The number of nitrogens with zero attached hydrogens (tertiary/aromatic N) is 1. The Labute approximate surface area is 226 Å². The summed E-state index contributed by atoms with van der Waals surface area (Å²) in [7, 11) is -3.32. The van der Waals surface area contributed by atoms with Crippen LogP contribution >= 0.6 is 0 Å². The van der Waals surface area contributed by atoms with E-state index >= 15 is 0 Å². The van der Waals surface area contributed by atoms with Gasteiger partial charge in [-0.15, -0.1) is 0 Å². The van der Waals surface area contributed by atoms with Gasteiger partial charge < -0.3 is 19.1 Å². The number of halogens is 3. The topological polar surface area (TPSA) is 84.9 Å². The summed E-state index contributed by atoms with van der Waals surface area (Å²) in [6.07, 6.45) is -4.72. The number of hydrogen-bond acceptors (Lipinski definition) is 5. The molecule has 1 N–H and O–H groups in total. The summed E-state index contributed by atoms with van der Waals surface area (Å²) in [5.74, 6) is -0.0266. The molecule has 3 aromatic carbocycles. The molecule has 3 aromatic rings. The average molecular weight is 565 g/mol. The van der Waals surface area contributed by atoms with E-state index < -0.39 is 26.8 Å². The highest BCUT2D eigenvalue weighted by atomic mass is 32.2. The maximum Gasteiger partial charge on any atom is 0.416 e. The number of aryl methyl sites for hydroxylation is 2. The molecule has 0 fully saturated rings. The number of carbonyl (C=O) groups excluding carboxylic acids is 1. The van der Waals surface area contributed by atoms with E-state index in [1.165, 1.54) is 19.2 Å². The van der Waals surface area contributed by atoms with E-state index in [2.05, 4.69) is 5.32 Å². The third-order valence-corrected chi connectivity index (χ3v) is 6.98. The van der Waals surface area contributed by atoms with Crippen LogP contribution in [-0.4, -0.2) is 33.0 Å². The number of urea groups is 1. The largest absolute Gasteiger partial charge is 0.493 e. The van der Waals surface area contributed by atoms with Gasteiger partial charge in [-0.25, -0.2) is 4.79 Å². The molecule has 0 atom stereocenters. The Morgan fingerprint density at radius 2 is 1.72 bits per heavy atom. The minimum absolute atomic E-state index is 0.0597. The van der Waals surface area contributed by atoms with Crippen LogP contribution < -0.4 is 14.2 Å². The first-order valence-corrected chi connectivity index (χ1v) is 13.5. The molecule has 0 bridgehead atoms. The van der Waals surface area contributed by atoms with Crippen molar-refractivity contribution in [3.05, 3.63) is 82.9 Å². The van der Waals surface area contributed by atoms with Gasteiger partial charge in [0.25, 0.3) is 0 Å². The number of hydrogen-bond donors (Lipinski definition) is 1. The van der Waals surface area contributed by atoms with Gasteiger partial charge in [0, 0.05) is 18.8 Å². The molecule has 0 saturated carbocycles. The van der Waals surface area contributed by atoms with Gasteiger partial charge in [-0.05, 0) is 67.3 Å². The summed E-state index contributed by atoms with van der Waals surface area (Å²) in [5.41, 5.74) is 2.06. The van der Waals surface area contributed by atoms with Crippen LogP contribution in [0.2, 0.25) is 0 Å². The zero-order valence-corrected chi connectivity index (χ0v) is 23.1. The van der Waals surface area contributed by atoms with Gasteiger partial charge in [-0.1, -0.05) is 43.7 Å². The molecule has 2 amide bonds. The number of rotatable bonds is 9. The van der Waals surface area contributed by atoms with Crippen LogP contribution in [0.15, 0.2) is 65.6 Å². The summed E-state index contributed by atoms with van der Waals surface area (Å²) >= 11 is 0. The second kappa shape index (κ2) is 12.0. The molecule has 0 unspecified atom stereocenters. The number of alkyl halides is 3. The van der Waals surface area contributed by atoms with Crippen molar-refractivity contribution in [2.45, 2.75) is 45.3 Å². The molecule has 0 saturated heterocycles. The van der Waals surface area contributed by atoms with E-state index in [9.17, 15) is 26.4 Å². The third kappa shape index (κ3) is 7.89. The van der Waals surface area contributed by atoms with E-state index in [0.29, 0.717) is 23.9 Å². The Hall–Kier alpha value is -3.73. The van der Waals surface area contributed by atoms with E-state index in [1.807, 2.05) is 45.9 Å². The van der Waals surface area contributed by atoms with Crippen molar-refractivity contribution < 1.29 is 35.3 Å². The van der Waals surface area contributed by atoms with E-state index in [4.69, 9.17) is 8.92 Å². The maximum atomic E-state index is 13.2. The summed E-state index contributed by atoms with van der Waals surface area (Å²) < 4.78 is 75.5. The van der Waals surface area contributed by atoms with Gasteiger partial charge in [0.15, 0.2) is 11.5 Å². The Morgan fingerprint density at radius 3 is 2.33 bits per heavy atom. The lowest BCUT2D eigenvalue weighted by molar-refractivity contribution is -0.137. The summed E-state index contributed by atoms with van der Waals surface area (Å²) in [6, 6.07) is 13.1. The van der Waals surface area contributed by atoms with Crippen LogP contribution in [-0.2, 0) is 22.8 Å². The number of benzene rings is 3. The minimum Gasteiger partial charge on any atom is -0.493 e. The summed E-state index contributed by atoms with van der Waals surface area (Å²) in [5, 5.41) is 2.92. The van der Waals surface area contributed by atoms with Crippen molar-refractivity contribution in [2.75, 3.05) is 19.0 Å². The van der Waals surface area contributed by atoms with Crippen molar-refractivity contribution in [3.63, 3.8) is 0 Å². The highest BCUT2D eigenvalue weighted by Crippen LogP contribution is 2.34. The van der Waals surface area contributed by atoms with E-state index in [0.717, 1.165) is 29.3 Å². The maximum absolute atomic E-state index is 13.2. The Kier molecular flexibility index (Phi) is 9.16. The first-order chi connectivity index (χ1) is 18.2. The zero-order valence-electron chi connectivity index (χ0n) is 22.3. The molecule has 0 heterocycles. The van der Waals surface area contributed by atoms with E-state index in [-0.39, 0.29) is 30.0 Å².